The number of amides is 1. The zero-order valence-corrected chi connectivity index (χ0v) is 18.2. The number of halogens is 1. The molecule has 0 spiro atoms. The molecule has 2 saturated carbocycles. The quantitative estimate of drug-likeness (QED) is 0.781. The number of rotatable bonds is 4. The van der Waals surface area contributed by atoms with E-state index in [1.807, 2.05) is 11.8 Å². The van der Waals surface area contributed by atoms with E-state index in [-0.39, 0.29) is 46.7 Å². The molecule has 0 atom stereocenters. The van der Waals surface area contributed by atoms with Gasteiger partial charge in [-0.25, -0.2) is 14.2 Å². The molecule has 1 aliphatic heterocycles. The third-order valence-electron chi connectivity index (χ3n) is 6.84. The Morgan fingerprint density at radius 1 is 1.00 bits per heavy atom. The molecule has 9 heteroatoms. The van der Waals surface area contributed by atoms with Gasteiger partial charge in [-0.2, -0.15) is 11.8 Å². The highest BCUT2D eigenvalue weighted by Gasteiger charge is 2.33. The summed E-state index contributed by atoms with van der Waals surface area (Å²) in [7, 11) is 0. The van der Waals surface area contributed by atoms with Gasteiger partial charge in [0.25, 0.3) is 5.56 Å². The number of carbonyl (C=O) groups excluding carboxylic acids is 1. The summed E-state index contributed by atoms with van der Waals surface area (Å²) in [5.41, 5.74) is -0.507. The Bertz CT molecular complexity index is 1110. The molecule has 2 aromatic heterocycles. The lowest BCUT2D eigenvalue weighted by Crippen LogP contribution is -2.46. The monoisotopic (exact) mass is 446 g/mol. The van der Waals surface area contributed by atoms with Crippen molar-refractivity contribution in [1.29, 1.82) is 0 Å². The van der Waals surface area contributed by atoms with Gasteiger partial charge in [-0.3, -0.25) is 18.7 Å². The molecule has 1 saturated heterocycles. The number of nitrogens with one attached hydrogen (secondary N) is 1. The molecule has 166 valence electrons. The van der Waals surface area contributed by atoms with E-state index in [1.165, 1.54) is 10.6 Å². The maximum absolute atomic E-state index is 14.0. The average molecular weight is 447 g/mol. The second-order valence-electron chi connectivity index (χ2n) is 8.98. The van der Waals surface area contributed by atoms with Gasteiger partial charge >= 0.3 is 5.69 Å². The first kappa shape index (κ1) is 20.7. The molecule has 7 nitrogen and oxygen atoms in total. The van der Waals surface area contributed by atoms with E-state index in [2.05, 4.69) is 10.3 Å². The van der Waals surface area contributed by atoms with E-state index in [0.29, 0.717) is 12.8 Å². The maximum atomic E-state index is 14.0. The molecule has 1 N–H and O–H groups in total. The van der Waals surface area contributed by atoms with Gasteiger partial charge in [-0.05, 0) is 68.9 Å². The van der Waals surface area contributed by atoms with Crippen molar-refractivity contribution in [3.63, 3.8) is 0 Å². The van der Waals surface area contributed by atoms with Gasteiger partial charge < -0.3 is 5.32 Å². The number of hydrogen-bond acceptors (Lipinski definition) is 5. The highest BCUT2D eigenvalue weighted by atomic mass is 32.2. The number of fused-ring (bicyclic) bond motifs is 1. The lowest BCUT2D eigenvalue weighted by atomic mass is 9.90. The third-order valence-corrected chi connectivity index (χ3v) is 7.88. The van der Waals surface area contributed by atoms with Crippen LogP contribution in [0.3, 0.4) is 0 Å². The molecule has 0 bridgehead atoms. The van der Waals surface area contributed by atoms with Crippen molar-refractivity contribution in [3.8, 4) is 0 Å². The van der Waals surface area contributed by atoms with Gasteiger partial charge in [-0.1, -0.05) is 0 Å². The molecule has 3 fully saturated rings. The highest BCUT2D eigenvalue weighted by Crippen LogP contribution is 2.32. The number of aromatic nitrogens is 3. The third kappa shape index (κ3) is 4.04. The van der Waals surface area contributed by atoms with Crippen molar-refractivity contribution in [2.45, 2.75) is 69.5 Å². The summed E-state index contributed by atoms with van der Waals surface area (Å²) in [5, 5.41) is 3.28. The van der Waals surface area contributed by atoms with Gasteiger partial charge in [0.1, 0.15) is 11.5 Å². The number of carbonyl (C=O) groups is 1. The Morgan fingerprint density at radius 2 is 1.68 bits per heavy atom. The summed E-state index contributed by atoms with van der Waals surface area (Å²) in [6, 6.07) is 1.02. The minimum Gasteiger partial charge on any atom is -0.353 e. The first-order chi connectivity index (χ1) is 15.0. The van der Waals surface area contributed by atoms with Gasteiger partial charge in [-0.15, -0.1) is 0 Å². The number of thioether (sulfide) groups is 1. The summed E-state index contributed by atoms with van der Waals surface area (Å²) in [4.78, 5) is 43.0. The van der Waals surface area contributed by atoms with Crippen LogP contribution >= 0.6 is 11.8 Å². The fourth-order valence-corrected chi connectivity index (χ4v) is 6.02. The molecule has 1 amide bonds. The van der Waals surface area contributed by atoms with E-state index >= 15 is 0 Å². The Labute approximate surface area is 183 Å². The van der Waals surface area contributed by atoms with Crippen molar-refractivity contribution in [2.24, 2.45) is 5.92 Å². The molecular formula is C22H27FN4O3S. The molecule has 3 heterocycles. The number of hydrogen-bond donors (Lipinski definition) is 1. The molecule has 0 unspecified atom stereocenters. The second-order valence-corrected chi connectivity index (χ2v) is 10.2. The number of nitrogens with zero attached hydrogens (tertiary/aromatic N) is 3. The Hall–Kier alpha value is -2.16. The molecule has 2 aromatic rings. The van der Waals surface area contributed by atoms with Gasteiger partial charge in [0, 0.05) is 24.0 Å². The normalized spacial score (nSPS) is 24.9. The predicted molar refractivity (Wildman–Crippen MR) is 118 cm³/mol. The van der Waals surface area contributed by atoms with Crippen LogP contribution in [-0.2, 0) is 4.79 Å². The largest absolute Gasteiger partial charge is 0.353 e. The summed E-state index contributed by atoms with van der Waals surface area (Å²) < 4.78 is 16.9. The molecule has 0 radical (unpaired) electrons. The van der Waals surface area contributed by atoms with E-state index in [0.717, 1.165) is 56.2 Å². The second kappa shape index (κ2) is 8.41. The molecular weight excluding hydrogens is 419 g/mol. The van der Waals surface area contributed by atoms with Gasteiger partial charge in [0.05, 0.1) is 11.6 Å². The fraction of sp³-hybridized carbons (Fsp3) is 0.636. The summed E-state index contributed by atoms with van der Waals surface area (Å²) in [5.74, 6) is 1.62. The SMILES string of the molecule is O=C(N[C@H]1CC[C@@H](n2c(=O)c3cc(F)cnc3n(C3CCSCC3)c2=O)CC1)C1CC1. The van der Waals surface area contributed by atoms with Crippen molar-refractivity contribution in [2.75, 3.05) is 11.5 Å². The van der Waals surface area contributed by atoms with E-state index < -0.39 is 11.4 Å². The minimum absolute atomic E-state index is 0.0322. The zero-order valence-electron chi connectivity index (χ0n) is 17.4. The topological polar surface area (TPSA) is 86.0 Å². The maximum Gasteiger partial charge on any atom is 0.333 e. The average Bonchev–Trinajstić information content (AvgIpc) is 3.62. The van der Waals surface area contributed by atoms with Gasteiger partial charge in [0.2, 0.25) is 5.91 Å². The fourth-order valence-electron chi connectivity index (χ4n) is 4.94. The van der Waals surface area contributed by atoms with Crippen LogP contribution < -0.4 is 16.6 Å². The standard InChI is InChI=1S/C22H27FN4O3S/c23-14-11-18-19(24-12-14)26(17-7-9-31-10-8-17)22(30)27(21(18)29)16-5-3-15(4-6-16)25-20(28)13-1-2-13/h11-13,15-17H,1-10H2,(H,25,28)/t15-,16+. The highest BCUT2D eigenvalue weighted by molar-refractivity contribution is 7.99. The molecule has 3 aliphatic rings. The van der Waals surface area contributed by atoms with Crippen LogP contribution in [-0.4, -0.2) is 37.6 Å². The molecule has 5 rings (SSSR count). The van der Waals surface area contributed by atoms with Crippen LogP contribution in [0.4, 0.5) is 4.39 Å². The first-order valence-corrected chi connectivity index (χ1v) is 12.4. The lowest BCUT2D eigenvalue weighted by molar-refractivity contribution is -0.123. The van der Waals surface area contributed by atoms with E-state index in [1.54, 1.807) is 4.57 Å². The van der Waals surface area contributed by atoms with Gasteiger partial charge in [0.15, 0.2) is 0 Å². The smallest absolute Gasteiger partial charge is 0.333 e. The zero-order chi connectivity index (χ0) is 21.5. The van der Waals surface area contributed by atoms with Crippen LogP contribution in [0.5, 0.6) is 0 Å². The molecule has 31 heavy (non-hydrogen) atoms. The molecule has 0 aromatic carbocycles. The van der Waals surface area contributed by atoms with Crippen molar-refractivity contribution in [1.82, 2.24) is 19.4 Å². The Kier molecular flexibility index (Phi) is 5.62. The van der Waals surface area contributed by atoms with E-state index in [9.17, 15) is 18.8 Å². The summed E-state index contributed by atoms with van der Waals surface area (Å²) in [6.07, 6.45) is 7.41. The molecule has 2 aliphatic carbocycles. The Morgan fingerprint density at radius 3 is 2.35 bits per heavy atom. The van der Waals surface area contributed by atoms with Crippen LogP contribution in [0.25, 0.3) is 11.0 Å². The van der Waals surface area contributed by atoms with Crippen LogP contribution in [0.1, 0.15) is 63.5 Å². The van der Waals surface area contributed by atoms with Crippen molar-refractivity contribution >= 4 is 28.7 Å². The first-order valence-electron chi connectivity index (χ1n) is 11.2. The van der Waals surface area contributed by atoms with E-state index in [4.69, 9.17) is 0 Å². The summed E-state index contributed by atoms with van der Waals surface area (Å²) in [6.45, 7) is 0. The van der Waals surface area contributed by atoms with Crippen LogP contribution in [0, 0.1) is 11.7 Å². The summed E-state index contributed by atoms with van der Waals surface area (Å²) >= 11 is 1.86. The minimum atomic E-state index is -0.577. The van der Waals surface area contributed by atoms with Crippen molar-refractivity contribution in [3.05, 3.63) is 38.9 Å². The number of pyridine rings is 1. The lowest BCUT2D eigenvalue weighted by Gasteiger charge is -2.31. The van der Waals surface area contributed by atoms with Crippen molar-refractivity contribution < 1.29 is 9.18 Å². The van der Waals surface area contributed by atoms with Crippen LogP contribution in [0.2, 0.25) is 0 Å². The van der Waals surface area contributed by atoms with Crippen LogP contribution in [0.15, 0.2) is 21.9 Å². The Balaban J connectivity index is 1.49. The predicted octanol–water partition coefficient (Wildman–Crippen LogP) is 2.78.